The second-order valence-electron chi connectivity index (χ2n) is 5.42. The third kappa shape index (κ3) is 2.97. The van der Waals surface area contributed by atoms with Crippen LogP contribution in [0.4, 0.5) is 0 Å². The Kier molecular flexibility index (Phi) is 4.01. The van der Waals surface area contributed by atoms with E-state index < -0.39 is 0 Å². The molecule has 112 valence electrons. The quantitative estimate of drug-likeness (QED) is 0.944. The van der Waals surface area contributed by atoms with Crippen molar-refractivity contribution in [3.63, 3.8) is 0 Å². The van der Waals surface area contributed by atoms with Gasteiger partial charge in [-0.05, 0) is 26.7 Å². The zero-order valence-electron chi connectivity index (χ0n) is 12.3. The van der Waals surface area contributed by atoms with Crippen molar-refractivity contribution in [2.75, 3.05) is 0 Å². The van der Waals surface area contributed by atoms with Crippen molar-refractivity contribution in [2.24, 2.45) is 0 Å². The average Bonchev–Trinajstić information content (AvgIpc) is 2.99. The van der Waals surface area contributed by atoms with Gasteiger partial charge in [0, 0.05) is 24.0 Å². The normalized spacial score (nSPS) is 16.1. The summed E-state index contributed by atoms with van der Waals surface area (Å²) < 4.78 is 1.96. The van der Waals surface area contributed by atoms with Crippen LogP contribution in [0.15, 0.2) is 5.38 Å². The Hall–Kier alpha value is -1.76. The third-order valence-corrected chi connectivity index (χ3v) is 4.81. The van der Waals surface area contributed by atoms with Crippen LogP contribution < -0.4 is 5.32 Å². The molecule has 7 heteroatoms. The second-order valence-corrected chi connectivity index (χ2v) is 6.31. The SMILES string of the molecule is Cc1csc([C@@H](C)NC(=O)c2nnc3n2CCCCC3)n1. The molecule has 2 aromatic rings. The van der Waals surface area contributed by atoms with Crippen molar-refractivity contribution < 1.29 is 4.79 Å². The van der Waals surface area contributed by atoms with Crippen molar-refractivity contribution >= 4 is 17.2 Å². The lowest BCUT2D eigenvalue weighted by molar-refractivity contribution is 0.0924. The van der Waals surface area contributed by atoms with Crippen LogP contribution in [0.1, 0.15) is 59.4 Å². The number of carbonyl (C=O) groups is 1. The van der Waals surface area contributed by atoms with Gasteiger partial charge < -0.3 is 9.88 Å². The van der Waals surface area contributed by atoms with Crippen molar-refractivity contribution in [1.29, 1.82) is 0 Å². The number of nitrogens with zero attached hydrogens (tertiary/aromatic N) is 4. The Labute approximate surface area is 127 Å². The number of hydrogen-bond acceptors (Lipinski definition) is 5. The fourth-order valence-electron chi connectivity index (χ4n) is 2.55. The Morgan fingerprint density at radius 3 is 3.00 bits per heavy atom. The summed E-state index contributed by atoms with van der Waals surface area (Å²) in [6, 6.07) is -0.116. The van der Waals surface area contributed by atoms with Crippen molar-refractivity contribution in [1.82, 2.24) is 25.1 Å². The molecule has 1 amide bonds. The Bertz CT molecular complexity index is 648. The molecule has 6 nitrogen and oxygen atoms in total. The molecule has 1 aliphatic rings. The summed E-state index contributed by atoms with van der Waals surface area (Å²) in [7, 11) is 0. The maximum atomic E-state index is 12.4. The highest BCUT2D eigenvalue weighted by atomic mass is 32.1. The van der Waals surface area contributed by atoms with Crippen molar-refractivity contribution in [2.45, 2.75) is 52.1 Å². The highest BCUT2D eigenvalue weighted by molar-refractivity contribution is 7.09. The smallest absolute Gasteiger partial charge is 0.289 e. The standard InChI is InChI=1S/C14H19N5OS/c1-9-8-21-14(15-9)10(2)16-13(20)12-18-17-11-6-4-3-5-7-19(11)12/h8,10H,3-7H2,1-2H3,(H,16,20)/t10-/m1/s1. The van der Waals surface area contributed by atoms with E-state index in [4.69, 9.17) is 0 Å². The van der Waals surface area contributed by atoms with Crippen LogP contribution in [0.2, 0.25) is 0 Å². The van der Waals surface area contributed by atoms with Gasteiger partial charge in [0.05, 0.1) is 6.04 Å². The number of aromatic nitrogens is 4. The van der Waals surface area contributed by atoms with Gasteiger partial charge in [0.15, 0.2) is 0 Å². The van der Waals surface area contributed by atoms with Crippen LogP contribution in [0.3, 0.4) is 0 Å². The number of aryl methyl sites for hydroxylation is 2. The minimum atomic E-state index is -0.170. The number of hydrogen-bond donors (Lipinski definition) is 1. The predicted molar refractivity (Wildman–Crippen MR) is 80.3 cm³/mol. The van der Waals surface area contributed by atoms with Crippen LogP contribution in [0, 0.1) is 6.92 Å². The highest BCUT2D eigenvalue weighted by Crippen LogP contribution is 2.19. The minimum Gasteiger partial charge on any atom is -0.340 e. The molecular formula is C14H19N5OS. The molecule has 0 unspecified atom stereocenters. The fraction of sp³-hybridized carbons (Fsp3) is 0.571. The summed E-state index contributed by atoms with van der Waals surface area (Å²) in [5, 5.41) is 14.1. The molecule has 0 bridgehead atoms. The van der Waals surface area contributed by atoms with Gasteiger partial charge in [-0.1, -0.05) is 6.42 Å². The van der Waals surface area contributed by atoms with E-state index in [1.54, 1.807) is 11.3 Å². The van der Waals surface area contributed by atoms with Crippen LogP contribution in [-0.4, -0.2) is 25.7 Å². The molecule has 2 aromatic heterocycles. The summed E-state index contributed by atoms with van der Waals surface area (Å²) in [4.78, 5) is 16.8. The minimum absolute atomic E-state index is 0.116. The molecule has 0 saturated heterocycles. The predicted octanol–water partition coefficient (Wildman–Crippen LogP) is 2.26. The molecule has 0 saturated carbocycles. The van der Waals surface area contributed by atoms with Gasteiger partial charge in [0.25, 0.3) is 5.91 Å². The van der Waals surface area contributed by atoms with Crippen molar-refractivity contribution in [3.8, 4) is 0 Å². The maximum Gasteiger partial charge on any atom is 0.289 e. The lowest BCUT2D eigenvalue weighted by Crippen LogP contribution is -2.29. The molecule has 3 heterocycles. The first-order valence-corrected chi connectivity index (χ1v) is 8.18. The zero-order valence-corrected chi connectivity index (χ0v) is 13.1. The first-order valence-electron chi connectivity index (χ1n) is 7.30. The summed E-state index contributed by atoms with van der Waals surface area (Å²) >= 11 is 1.56. The summed E-state index contributed by atoms with van der Waals surface area (Å²) in [5.41, 5.74) is 0.979. The fourth-order valence-corrected chi connectivity index (χ4v) is 3.35. The average molecular weight is 305 g/mol. The third-order valence-electron chi connectivity index (χ3n) is 3.67. The molecule has 0 fully saturated rings. The van der Waals surface area contributed by atoms with Crippen LogP contribution in [0.25, 0.3) is 0 Å². The van der Waals surface area contributed by atoms with Crippen LogP contribution in [0.5, 0.6) is 0 Å². The van der Waals surface area contributed by atoms with Crippen molar-refractivity contribution in [3.05, 3.63) is 27.7 Å². The van der Waals surface area contributed by atoms with Gasteiger partial charge in [-0.2, -0.15) is 0 Å². The lowest BCUT2D eigenvalue weighted by Gasteiger charge is -2.12. The molecule has 0 aromatic carbocycles. The number of thiazole rings is 1. The first kappa shape index (κ1) is 14.2. The summed E-state index contributed by atoms with van der Waals surface area (Å²) in [6.45, 7) is 4.72. The van der Waals surface area contributed by atoms with E-state index in [1.165, 1.54) is 6.42 Å². The Morgan fingerprint density at radius 1 is 1.38 bits per heavy atom. The van der Waals surface area contributed by atoms with Gasteiger partial charge in [-0.25, -0.2) is 4.98 Å². The highest BCUT2D eigenvalue weighted by Gasteiger charge is 2.22. The molecule has 0 spiro atoms. The molecule has 3 rings (SSSR count). The van der Waals surface area contributed by atoms with E-state index in [0.29, 0.717) is 5.82 Å². The van der Waals surface area contributed by atoms with Gasteiger partial charge in [0.1, 0.15) is 10.8 Å². The summed E-state index contributed by atoms with van der Waals surface area (Å²) in [5.74, 6) is 1.18. The van der Waals surface area contributed by atoms with E-state index in [9.17, 15) is 4.79 Å². The van der Waals surface area contributed by atoms with Gasteiger partial charge >= 0.3 is 0 Å². The van der Waals surface area contributed by atoms with Gasteiger partial charge in [-0.3, -0.25) is 4.79 Å². The molecular weight excluding hydrogens is 286 g/mol. The monoisotopic (exact) mass is 305 g/mol. The molecule has 0 aliphatic carbocycles. The maximum absolute atomic E-state index is 12.4. The number of rotatable bonds is 3. The van der Waals surface area contributed by atoms with E-state index in [-0.39, 0.29) is 11.9 Å². The number of nitrogens with one attached hydrogen (secondary N) is 1. The van der Waals surface area contributed by atoms with E-state index in [0.717, 1.165) is 42.3 Å². The molecule has 0 radical (unpaired) electrons. The number of fused-ring (bicyclic) bond motifs is 1. The molecule has 21 heavy (non-hydrogen) atoms. The topological polar surface area (TPSA) is 72.7 Å². The molecule has 1 N–H and O–H groups in total. The number of carbonyl (C=O) groups excluding carboxylic acids is 1. The largest absolute Gasteiger partial charge is 0.340 e. The second kappa shape index (κ2) is 5.93. The van der Waals surface area contributed by atoms with E-state index in [2.05, 4.69) is 20.5 Å². The Balaban J connectivity index is 1.75. The number of amides is 1. The summed E-state index contributed by atoms with van der Waals surface area (Å²) in [6.07, 6.45) is 4.28. The molecule has 1 atom stereocenters. The Morgan fingerprint density at radius 2 is 2.24 bits per heavy atom. The lowest BCUT2D eigenvalue weighted by atomic mass is 10.2. The van der Waals surface area contributed by atoms with E-state index in [1.807, 2.05) is 23.8 Å². The van der Waals surface area contributed by atoms with Crippen LogP contribution in [-0.2, 0) is 13.0 Å². The van der Waals surface area contributed by atoms with E-state index >= 15 is 0 Å². The molecule has 1 aliphatic heterocycles. The zero-order chi connectivity index (χ0) is 14.8. The van der Waals surface area contributed by atoms with Crippen LogP contribution >= 0.6 is 11.3 Å². The first-order chi connectivity index (χ1) is 10.1. The van der Waals surface area contributed by atoms with Gasteiger partial charge in [0.2, 0.25) is 5.82 Å². The van der Waals surface area contributed by atoms with Gasteiger partial charge in [-0.15, -0.1) is 21.5 Å².